The number of benzene rings is 4. The van der Waals surface area contributed by atoms with Crippen LogP contribution in [0.25, 0.3) is 22.6 Å². The lowest BCUT2D eigenvalue weighted by molar-refractivity contribution is -0.870. The first-order valence-corrected chi connectivity index (χ1v) is 20.2. The van der Waals surface area contributed by atoms with Gasteiger partial charge in [0.1, 0.15) is 31.3 Å². The molecule has 60 heavy (non-hydrogen) atoms. The molecular formula is C42H46F6I2N6O4. The number of hydrogen-bond acceptors (Lipinski definition) is 9. The molecule has 2 heterocycles. The summed E-state index contributed by atoms with van der Waals surface area (Å²) in [6, 6.07) is 24.6. The Bertz CT molecular complexity index is 2170. The number of aromatic nitrogens is 2. The number of oxazole rings is 2. The summed E-state index contributed by atoms with van der Waals surface area (Å²) < 4.78 is 99.5. The molecule has 0 saturated carbocycles. The second-order valence-electron chi connectivity index (χ2n) is 14.0. The summed E-state index contributed by atoms with van der Waals surface area (Å²) in [6.07, 6.45) is -5.63. The number of nitrogens with zero attached hydrogens (tertiary/aromatic N) is 4. The maximum absolute atomic E-state index is 12.6. The van der Waals surface area contributed by atoms with E-state index < -0.39 is 23.5 Å². The molecule has 2 N–H and O–H groups in total. The fourth-order valence-corrected chi connectivity index (χ4v) is 4.92. The van der Waals surface area contributed by atoms with Gasteiger partial charge in [0.05, 0.1) is 44.7 Å². The zero-order valence-corrected chi connectivity index (χ0v) is 38.0. The smallest absolute Gasteiger partial charge is 0.416 e. The van der Waals surface area contributed by atoms with Crippen molar-refractivity contribution in [1.82, 2.24) is 14.9 Å². The van der Waals surface area contributed by atoms with Crippen LogP contribution in [0.1, 0.15) is 11.1 Å². The fraction of sp³-hybridized carbons (Fsp3) is 0.286. The highest BCUT2D eigenvalue weighted by atomic mass is 127. The number of nitrogens with one attached hydrogen (secondary N) is 2. The zero-order chi connectivity index (χ0) is 43.2. The van der Waals surface area contributed by atoms with Crippen molar-refractivity contribution in [3.05, 3.63) is 121 Å². The molecule has 0 saturated heterocycles. The van der Waals surface area contributed by atoms with Crippen molar-refractivity contribution in [2.75, 3.05) is 77.1 Å². The highest BCUT2D eigenvalue weighted by Crippen LogP contribution is 2.33. The quantitative estimate of drug-likeness (QED) is 0.0484. The molecule has 0 amide bonds. The average molecular weight is 1070 g/mol. The number of quaternary nitrogens is 1. The molecule has 0 spiro atoms. The molecule has 2 aromatic heterocycles. The molecule has 0 aliphatic carbocycles. The molecule has 0 atom stereocenters. The summed E-state index contributed by atoms with van der Waals surface area (Å²) in [5, 5.41) is 5.71. The fourth-order valence-electron chi connectivity index (χ4n) is 4.92. The van der Waals surface area contributed by atoms with E-state index in [4.69, 9.17) is 18.3 Å². The van der Waals surface area contributed by atoms with Crippen LogP contribution in [0.15, 0.2) is 118 Å². The van der Waals surface area contributed by atoms with E-state index in [1.54, 1.807) is 12.4 Å². The molecule has 18 heteroatoms. The molecule has 0 aliphatic rings. The van der Waals surface area contributed by atoms with Gasteiger partial charge in [0, 0.05) is 29.0 Å². The lowest BCUT2D eigenvalue weighted by atomic mass is 10.2. The summed E-state index contributed by atoms with van der Waals surface area (Å²) in [5.74, 6) is 2.49. The van der Waals surface area contributed by atoms with E-state index in [-0.39, 0.29) is 36.0 Å². The maximum atomic E-state index is 12.6. The van der Waals surface area contributed by atoms with Gasteiger partial charge in [-0.25, -0.2) is 9.97 Å². The minimum Gasteiger partial charge on any atom is -1.00 e. The van der Waals surface area contributed by atoms with Gasteiger partial charge in [-0.05, 0) is 91.8 Å². The SMILES string of the molecule is CI.CN(C)CCOc1cccc(-c2cnc(Nc3ccc(C(F)(F)F)cc3)o2)c1.C[N+](C)(C)CCOc1cccc(-c2cnc(Nc3ccc(C(F)(F)F)cc3)o2)c1.[I-]. The van der Waals surface area contributed by atoms with Crippen LogP contribution in [0.4, 0.5) is 49.7 Å². The van der Waals surface area contributed by atoms with Gasteiger partial charge < -0.3 is 62.3 Å². The second-order valence-corrected chi connectivity index (χ2v) is 14.0. The molecule has 0 aliphatic heterocycles. The largest absolute Gasteiger partial charge is 1.00 e. The average Bonchev–Trinajstić information content (AvgIpc) is 3.85. The minimum absolute atomic E-state index is 0. The number of halogens is 8. The Morgan fingerprint density at radius 1 is 0.633 bits per heavy atom. The Kier molecular flexibility index (Phi) is 19.0. The van der Waals surface area contributed by atoms with Gasteiger partial charge in [0.25, 0.3) is 12.0 Å². The molecule has 0 fully saturated rings. The van der Waals surface area contributed by atoms with E-state index in [1.807, 2.05) is 72.5 Å². The Balaban J connectivity index is 0.000000303. The van der Waals surface area contributed by atoms with Crippen molar-refractivity contribution in [3.8, 4) is 34.1 Å². The number of alkyl halides is 7. The molecule has 0 bridgehead atoms. The Labute approximate surface area is 376 Å². The van der Waals surface area contributed by atoms with Crippen LogP contribution in [0, 0.1) is 0 Å². The van der Waals surface area contributed by atoms with Crippen LogP contribution in [0.3, 0.4) is 0 Å². The van der Waals surface area contributed by atoms with Crippen molar-refractivity contribution >= 4 is 46.0 Å². The monoisotopic (exact) mass is 1070 g/mol. The maximum Gasteiger partial charge on any atom is 0.416 e. The third-order valence-electron chi connectivity index (χ3n) is 8.01. The van der Waals surface area contributed by atoms with E-state index in [1.165, 1.54) is 24.3 Å². The van der Waals surface area contributed by atoms with Crippen molar-refractivity contribution < 1.29 is 73.1 Å². The van der Waals surface area contributed by atoms with Gasteiger partial charge >= 0.3 is 12.4 Å². The van der Waals surface area contributed by atoms with Gasteiger partial charge in [-0.15, -0.1) is 0 Å². The summed E-state index contributed by atoms with van der Waals surface area (Å²) in [4.78, 5) is 12.3. The van der Waals surface area contributed by atoms with Crippen molar-refractivity contribution in [1.29, 1.82) is 0 Å². The van der Waals surface area contributed by atoms with Crippen LogP contribution in [0.2, 0.25) is 0 Å². The Morgan fingerprint density at radius 2 is 1.03 bits per heavy atom. The Morgan fingerprint density at radius 3 is 1.40 bits per heavy atom. The third kappa shape index (κ3) is 16.5. The second kappa shape index (κ2) is 22.9. The topological polar surface area (TPSA) is 97.8 Å². The predicted molar refractivity (Wildman–Crippen MR) is 226 cm³/mol. The number of rotatable bonds is 14. The lowest BCUT2D eigenvalue weighted by Gasteiger charge is -2.23. The first kappa shape index (κ1) is 49.8. The molecular weight excluding hydrogens is 1020 g/mol. The molecule has 6 aromatic rings. The predicted octanol–water partition coefficient (Wildman–Crippen LogP) is 8.29. The third-order valence-corrected chi connectivity index (χ3v) is 8.01. The van der Waals surface area contributed by atoms with E-state index in [2.05, 4.69) is 64.3 Å². The molecule has 324 valence electrons. The lowest BCUT2D eigenvalue weighted by Crippen LogP contribution is -3.00. The molecule has 0 unspecified atom stereocenters. The Hall–Kier alpha value is -4.54. The number of anilines is 4. The van der Waals surface area contributed by atoms with Gasteiger partial charge in [-0.3, -0.25) is 0 Å². The van der Waals surface area contributed by atoms with E-state index in [0.29, 0.717) is 41.9 Å². The van der Waals surface area contributed by atoms with Gasteiger partial charge in [0.2, 0.25) is 0 Å². The summed E-state index contributed by atoms with van der Waals surface area (Å²) in [5.41, 5.74) is 1.05. The molecule has 4 aromatic carbocycles. The molecule has 6 rings (SSSR count). The van der Waals surface area contributed by atoms with E-state index in [0.717, 1.165) is 58.7 Å². The van der Waals surface area contributed by atoms with Crippen molar-refractivity contribution in [2.45, 2.75) is 12.4 Å². The van der Waals surface area contributed by atoms with Gasteiger partial charge in [-0.2, -0.15) is 26.3 Å². The van der Waals surface area contributed by atoms with Crippen LogP contribution in [-0.4, -0.2) is 85.8 Å². The van der Waals surface area contributed by atoms with E-state index >= 15 is 0 Å². The van der Waals surface area contributed by atoms with Crippen LogP contribution in [0.5, 0.6) is 11.5 Å². The highest BCUT2D eigenvalue weighted by molar-refractivity contribution is 14.1. The van der Waals surface area contributed by atoms with Crippen LogP contribution < -0.4 is 44.1 Å². The summed E-state index contributed by atoms with van der Waals surface area (Å²) >= 11 is 2.15. The van der Waals surface area contributed by atoms with Crippen molar-refractivity contribution in [2.24, 2.45) is 0 Å². The van der Waals surface area contributed by atoms with Gasteiger partial charge in [-0.1, -0.05) is 46.9 Å². The standard InChI is InChI=1S/C21H23F3N3O2.C20H20F3N3O2.CH3I.HI/c1-27(2,3)11-12-28-18-6-4-5-15(13-18)19-14-25-20(29-19)26-17-9-7-16(8-10-17)21(22,23)24;1-26(2)10-11-27-17-5-3-4-14(12-17)18-13-24-19(28-18)25-16-8-6-15(7-9-16)20(21,22)23;1-2;/h4-10,13-14H,11-12H2,1-3H3,(H,25,26);3-9,12-13H,10-11H2,1-2H3,(H,24,25);1H3;1H/q+1;;;/p-1. The number of ether oxygens (including phenoxy) is 2. The first-order valence-electron chi connectivity index (χ1n) is 18.0. The summed E-state index contributed by atoms with van der Waals surface area (Å²) in [7, 11) is 10.2. The van der Waals surface area contributed by atoms with Crippen LogP contribution in [-0.2, 0) is 12.4 Å². The minimum atomic E-state index is -4.37. The first-order chi connectivity index (χ1) is 27.9. The summed E-state index contributed by atoms with van der Waals surface area (Å²) in [6.45, 7) is 2.82. The van der Waals surface area contributed by atoms with Crippen LogP contribution >= 0.6 is 22.6 Å². The zero-order valence-electron chi connectivity index (χ0n) is 33.7. The van der Waals surface area contributed by atoms with Crippen molar-refractivity contribution in [3.63, 3.8) is 0 Å². The number of likely N-dealkylation sites (N-methyl/N-ethyl adjacent to an activating group) is 2. The molecule has 10 nitrogen and oxygen atoms in total. The number of hydrogen-bond donors (Lipinski definition) is 2. The normalized spacial score (nSPS) is 11.4. The highest BCUT2D eigenvalue weighted by Gasteiger charge is 2.30. The van der Waals surface area contributed by atoms with Gasteiger partial charge in [0.15, 0.2) is 11.5 Å². The molecule has 0 radical (unpaired) electrons. The van der Waals surface area contributed by atoms with E-state index in [9.17, 15) is 26.3 Å².